The van der Waals surface area contributed by atoms with Crippen molar-refractivity contribution in [3.8, 4) is 0 Å². The molecular weight excluding hydrogens is 265 g/mol. The lowest BCUT2D eigenvalue weighted by Gasteiger charge is -2.14. The summed E-state index contributed by atoms with van der Waals surface area (Å²) in [5.74, 6) is -2.87. The summed E-state index contributed by atoms with van der Waals surface area (Å²) in [5, 5.41) is 11.2. The summed E-state index contributed by atoms with van der Waals surface area (Å²) in [6, 6.07) is 4.08. The van der Waals surface area contributed by atoms with Crippen LogP contribution in [0.3, 0.4) is 0 Å². The number of carboxylic acids is 1. The number of carbonyl (C=O) groups is 3. The Labute approximate surface area is 115 Å². The number of benzene rings is 1. The largest absolute Gasteiger partial charge is 0.480 e. The number of carboxylic acid groups (broad SMARTS) is 1. The molecule has 1 atom stereocenters. The second-order valence-electron chi connectivity index (χ2n) is 4.28. The van der Waals surface area contributed by atoms with E-state index < -0.39 is 23.7 Å². The first-order valence-electron chi connectivity index (χ1n) is 6.25. The van der Waals surface area contributed by atoms with E-state index in [2.05, 4.69) is 5.32 Å². The highest BCUT2D eigenvalue weighted by molar-refractivity contribution is 5.96. The molecule has 1 rings (SSSR count). The van der Waals surface area contributed by atoms with Gasteiger partial charge in [0.25, 0.3) is 5.91 Å². The molecule has 0 bridgehead atoms. The highest BCUT2D eigenvalue weighted by Gasteiger charge is 2.22. The third-order valence-electron chi connectivity index (χ3n) is 2.83. The molecule has 0 aliphatic heterocycles. The maximum Gasteiger partial charge on any atom is 0.326 e. The average molecular weight is 281 g/mol. The van der Waals surface area contributed by atoms with E-state index >= 15 is 0 Å². The van der Waals surface area contributed by atoms with Gasteiger partial charge in [-0.2, -0.15) is 0 Å². The van der Waals surface area contributed by atoms with Gasteiger partial charge < -0.3 is 10.4 Å². The molecule has 1 aromatic carbocycles. The van der Waals surface area contributed by atoms with Crippen LogP contribution in [0.4, 0.5) is 4.39 Å². The number of carbonyl (C=O) groups excluding carboxylic acids is 2. The van der Waals surface area contributed by atoms with Gasteiger partial charge in [-0.25, -0.2) is 9.18 Å². The summed E-state index contributed by atoms with van der Waals surface area (Å²) in [4.78, 5) is 34.0. The van der Waals surface area contributed by atoms with Crippen LogP contribution in [0.2, 0.25) is 0 Å². The van der Waals surface area contributed by atoms with Crippen LogP contribution in [-0.4, -0.2) is 28.8 Å². The maximum atomic E-state index is 13.4. The van der Waals surface area contributed by atoms with Gasteiger partial charge in [0.05, 0.1) is 5.56 Å². The van der Waals surface area contributed by atoms with E-state index in [1.807, 2.05) is 0 Å². The minimum Gasteiger partial charge on any atom is -0.480 e. The minimum atomic E-state index is -1.25. The molecule has 0 saturated heterocycles. The van der Waals surface area contributed by atoms with Gasteiger partial charge >= 0.3 is 5.97 Å². The van der Waals surface area contributed by atoms with E-state index in [9.17, 15) is 18.8 Å². The quantitative estimate of drug-likeness (QED) is 0.797. The second kappa shape index (κ2) is 7.37. The van der Waals surface area contributed by atoms with Crippen LogP contribution in [-0.2, 0) is 9.59 Å². The lowest BCUT2D eigenvalue weighted by Crippen LogP contribution is -2.41. The van der Waals surface area contributed by atoms with Crippen molar-refractivity contribution in [1.29, 1.82) is 0 Å². The Morgan fingerprint density at radius 3 is 2.50 bits per heavy atom. The smallest absolute Gasteiger partial charge is 0.326 e. The Bertz CT molecular complexity index is 516. The van der Waals surface area contributed by atoms with Crippen molar-refractivity contribution in [1.82, 2.24) is 5.32 Å². The molecule has 0 unspecified atom stereocenters. The fourth-order valence-electron chi connectivity index (χ4n) is 1.62. The fraction of sp³-hybridized carbons (Fsp3) is 0.357. The van der Waals surface area contributed by atoms with Crippen molar-refractivity contribution in [2.45, 2.75) is 32.2 Å². The van der Waals surface area contributed by atoms with Crippen LogP contribution in [0.15, 0.2) is 24.3 Å². The van der Waals surface area contributed by atoms with Crippen molar-refractivity contribution < 1.29 is 23.9 Å². The average Bonchev–Trinajstić information content (AvgIpc) is 2.42. The summed E-state index contributed by atoms with van der Waals surface area (Å²) >= 11 is 0. The van der Waals surface area contributed by atoms with Crippen LogP contribution in [0.25, 0.3) is 0 Å². The Morgan fingerprint density at radius 2 is 1.95 bits per heavy atom. The number of aliphatic carboxylic acids is 1. The van der Waals surface area contributed by atoms with Crippen molar-refractivity contribution >= 4 is 17.7 Å². The van der Waals surface area contributed by atoms with E-state index in [1.54, 1.807) is 6.92 Å². The molecule has 0 spiro atoms. The first-order chi connectivity index (χ1) is 9.45. The van der Waals surface area contributed by atoms with Crippen LogP contribution in [0, 0.1) is 5.82 Å². The van der Waals surface area contributed by atoms with Gasteiger partial charge in [0.15, 0.2) is 0 Å². The normalized spacial score (nSPS) is 11.7. The molecule has 0 heterocycles. The number of nitrogens with one attached hydrogen (secondary N) is 1. The molecule has 0 aliphatic carbocycles. The summed E-state index contributed by atoms with van der Waals surface area (Å²) in [6.45, 7) is 1.68. The number of halogens is 1. The van der Waals surface area contributed by atoms with Crippen molar-refractivity contribution in [2.24, 2.45) is 0 Å². The molecule has 0 saturated carbocycles. The SMILES string of the molecule is CCC(=O)CC[C@H](NC(=O)c1ccccc1F)C(=O)O. The molecule has 1 aromatic rings. The molecule has 108 valence electrons. The zero-order valence-corrected chi connectivity index (χ0v) is 11.1. The molecule has 0 aliphatic rings. The highest BCUT2D eigenvalue weighted by atomic mass is 19.1. The maximum absolute atomic E-state index is 13.4. The van der Waals surface area contributed by atoms with Crippen LogP contribution in [0.5, 0.6) is 0 Å². The zero-order valence-electron chi connectivity index (χ0n) is 11.1. The Hall–Kier alpha value is -2.24. The van der Waals surface area contributed by atoms with Gasteiger partial charge in [-0.1, -0.05) is 19.1 Å². The minimum absolute atomic E-state index is 0.0117. The first kappa shape index (κ1) is 15.8. The molecular formula is C14H16FNO4. The van der Waals surface area contributed by atoms with E-state index in [0.717, 1.165) is 6.07 Å². The predicted molar refractivity (Wildman–Crippen MR) is 69.8 cm³/mol. The molecule has 0 radical (unpaired) electrons. The molecule has 5 nitrogen and oxygen atoms in total. The lowest BCUT2D eigenvalue weighted by atomic mass is 10.1. The molecule has 0 aromatic heterocycles. The second-order valence-corrected chi connectivity index (χ2v) is 4.28. The van der Waals surface area contributed by atoms with Crippen molar-refractivity contribution in [3.05, 3.63) is 35.6 Å². The fourth-order valence-corrected chi connectivity index (χ4v) is 1.62. The molecule has 0 fully saturated rings. The number of hydrogen-bond donors (Lipinski definition) is 2. The van der Waals surface area contributed by atoms with E-state index in [0.29, 0.717) is 6.42 Å². The molecule has 1 amide bonds. The van der Waals surface area contributed by atoms with Crippen LogP contribution >= 0.6 is 0 Å². The zero-order chi connectivity index (χ0) is 15.1. The third-order valence-corrected chi connectivity index (χ3v) is 2.83. The standard InChI is InChI=1S/C14H16FNO4/c1-2-9(17)7-8-12(14(19)20)16-13(18)10-5-3-4-6-11(10)15/h3-6,12H,2,7-8H2,1H3,(H,16,18)(H,19,20)/t12-/m0/s1. The number of Topliss-reactive ketones (excluding diaryl/α,β-unsaturated/α-hetero) is 1. The number of ketones is 1. The summed E-state index contributed by atoms with van der Waals surface area (Å²) in [7, 11) is 0. The lowest BCUT2D eigenvalue weighted by molar-refractivity contribution is -0.139. The highest BCUT2D eigenvalue weighted by Crippen LogP contribution is 2.08. The van der Waals surface area contributed by atoms with Crippen LogP contribution < -0.4 is 5.32 Å². The van der Waals surface area contributed by atoms with E-state index in [1.165, 1.54) is 18.2 Å². The number of hydrogen-bond acceptors (Lipinski definition) is 3. The molecule has 6 heteroatoms. The van der Waals surface area contributed by atoms with Crippen molar-refractivity contribution in [2.75, 3.05) is 0 Å². The Kier molecular flexibility index (Phi) is 5.83. The summed E-state index contributed by atoms with van der Waals surface area (Å²) in [6.07, 6.45) is 0.362. The predicted octanol–water partition coefficient (Wildman–Crippen LogP) is 1.77. The molecule has 20 heavy (non-hydrogen) atoms. The van der Waals surface area contributed by atoms with Crippen molar-refractivity contribution in [3.63, 3.8) is 0 Å². The Morgan fingerprint density at radius 1 is 1.30 bits per heavy atom. The van der Waals surface area contributed by atoms with E-state index in [4.69, 9.17) is 5.11 Å². The number of amides is 1. The summed E-state index contributed by atoms with van der Waals surface area (Å²) < 4.78 is 13.4. The number of rotatable bonds is 7. The van der Waals surface area contributed by atoms with Gasteiger partial charge in [-0.15, -0.1) is 0 Å². The topological polar surface area (TPSA) is 83.5 Å². The van der Waals surface area contributed by atoms with Gasteiger partial charge in [-0.3, -0.25) is 9.59 Å². The van der Waals surface area contributed by atoms with Crippen LogP contribution in [0.1, 0.15) is 36.5 Å². The van der Waals surface area contributed by atoms with Gasteiger partial charge in [0, 0.05) is 12.8 Å². The first-order valence-corrected chi connectivity index (χ1v) is 6.25. The van der Waals surface area contributed by atoms with Gasteiger partial charge in [0.1, 0.15) is 17.6 Å². The van der Waals surface area contributed by atoms with Gasteiger partial charge in [0.2, 0.25) is 0 Å². The van der Waals surface area contributed by atoms with Gasteiger partial charge in [-0.05, 0) is 18.6 Å². The monoisotopic (exact) mass is 281 g/mol. The van der Waals surface area contributed by atoms with E-state index in [-0.39, 0.29) is 24.2 Å². The third kappa shape index (κ3) is 4.46. The summed E-state index contributed by atoms with van der Waals surface area (Å²) in [5.41, 5.74) is -0.222. The molecule has 2 N–H and O–H groups in total. The Balaban J connectivity index is 2.71.